The van der Waals surface area contributed by atoms with Crippen molar-refractivity contribution in [3.8, 4) is 39.5 Å². The number of benzene rings is 8. The zero-order valence-electron chi connectivity index (χ0n) is 29.4. The van der Waals surface area contributed by atoms with Gasteiger partial charge in [-0.3, -0.25) is 4.57 Å². The zero-order chi connectivity index (χ0) is 36.0. The van der Waals surface area contributed by atoms with Crippen molar-refractivity contribution in [2.75, 3.05) is 0 Å². The molecule has 0 bridgehead atoms. The van der Waals surface area contributed by atoms with Crippen molar-refractivity contribution in [2.45, 2.75) is 0 Å². The van der Waals surface area contributed by atoms with Gasteiger partial charge in [0.2, 0.25) is 11.7 Å². The minimum Gasteiger partial charge on any atom is -0.437 e. The Morgan fingerprint density at radius 1 is 0.436 bits per heavy atom. The van der Waals surface area contributed by atoms with Crippen LogP contribution in [0.4, 0.5) is 0 Å². The van der Waals surface area contributed by atoms with E-state index in [-0.39, 0.29) is 0 Å². The van der Waals surface area contributed by atoms with Gasteiger partial charge in [-0.25, -0.2) is 4.98 Å². The van der Waals surface area contributed by atoms with E-state index in [1.54, 1.807) is 0 Å². The summed E-state index contributed by atoms with van der Waals surface area (Å²) in [5, 5.41) is 9.27. The lowest BCUT2D eigenvalue weighted by molar-refractivity contribution is 0.651. The van der Waals surface area contributed by atoms with Crippen molar-refractivity contribution in [2.24, 2.45) is 0 Å². The minimum atomic E-state index is 0.562. The third-order valence-electron chi connectivity index (χ3n) is 11.0. The van der Waals surface area contributed by atoms with Crippen LogP contribution in [0, 0.1) is 0 Å². The first-order valence-corrected chi connectivity index (χ1v) is 19.3. The lowest BCUT2D eigenvalue weighted by Gasteiger charge is -2.13. The van der Waals surface area contributed by atoms with E-state index in [9.17, 15) is 0 Å². The van der Waals surface area contributed by atoms with Gasteiger partial charge in [0.15, 0.2) is 0 Å². The van der Waals surface area contributed by atoms with Crippen LogP contribution in [0.1, 0.15) is 0 Å². The molecule has 12 rings (SSSR count). The molecule has 256 valence electrons. The number of thiophene rings is 1. The summed E-state index contributed by atoms with van der Waals surface area (Å²) < 4.78 is 11.4. The van der Waals surface area contributed by atoms with Gasteiger partial charge in [-0.1, -0.05) is 140 Å². The molecule has 8 aromatic carbocycles. The molecule has 0 N–H and O–H groups in total. The largest absolute Gasteiger partial charge is 0.437 e. The Labute approximate surface area is 319 Å². The zero-order valence-corrected chi connectivity index (χ0v) is 30.2. The monoisotopic (exact) mass is 719 g/mol. The second-order valence-electron chi connectivity index (χ2n) is 14.1. The maximum Gasteiger partial charge on any atom is 0.238 e. The van der Waals surface area contributed by atoms with E-state index in [1.165, 1.54) is 41.7 Å². The molecule has 4 aromatic heterocycles. The normalized spacial score (nSPS) is 12.0. The number of aromatic nitrogens is 3. The smallest absolute Gasteiger partial charge is 0.238 e. The fourth-order valence-electron chi connectivity index (χ4n) is 8.61. The van der Waals surface area contributed by atoms with E-state index in [0.717, 1.165) is 60.9 Å². The van der Waals surface area contributed by atoms with E-state index in [0.29, 0.717) is 11.7 Å². The molecular weight excluding hydrogens is 691 g/mol. The molecule has 4 heterocycles. The van der Waals surface area contributed by atoms with Crippen molar-refractivity contribution < 1.29 is 4.42 Å². The first kappa shape index (κ1) is 30.4. The summed E-state index contributed by atoms with van der Waals surface area (Å²) in [4.78, 5) is 11.0. The highest BCUT2D eigenvalue weighted by Crippen LogP contribution is 2.48. The van der Waals surface area contributed by atoms with E-state index >= 15 is 0 Å². The molecule has 0 aliphatic heterocycles. The SMILES string of the molecule is c1ccc(-c2cc(-c3ccccc3)cc(-c3nc(-n4c5ccccc5c5c6ccccc6c6c7ccccc7sc6c54)nc4oc5ccccc5c34)c2)cc1. The Morgan fingerprint density at radius 2 is 1.00 bits per heavy atom. The van der Waals surface area contributed by atoms with Crippen LogP contribution in [-0.2, 0) is 0 Å². The Bertz CT molecular complexity index is 3430. The summed E-state index contributed by atoms with van der Waals surface area (Å²) in [7, 11) is 0. The summed E-state index contributed by atoms with van der Waals surface area (Å²) >= 11 is 1.84. The van der Waals surface area contributed by atoms with Crippen LogP contribution in [-0.4, -0.2) is 14.5 Å². The third-order valence-corrected chi connectivity index (χ3v) is 12.2. The molecule has 0 saturated heterocycles. The van der Waals surface area contributed by atoms with Gasteiger partial charge in [0.25, 0.3) is 0 Å². The second kappa shape index (κ2) is 11.7. The van der Waals surface area contributed by atoms with Gasteiger partial charge in [-0.2, -0.15) is 4.98 Å². The molecule has 0 atom stereocenters. The van der Waals surface area contributed by atoms with E-state index in [4.69, 9.17) is 14.4 Å². The van der Waals surface area contributed by atoms with Crippen LogP contribution in [0.2, 0.25) is 0 Å². The number of para-hydroxylation sites is 2. The molecular formula is C50H29N3OS. The van der Waals surface area contributed by atoms with E-state index in [2.05, 4.69) is 168 Å². The second-order valence-corrected chi connectivity index (χ2v) is 15.2. The van der Waals surface area contributed by atoms with Gasteiger partial charge in [0, 0.05) is 37.2 Å². The summed E-state index contributed by atoms with van der Waals surface area (Å²) in [5.74, 6) is 0.577. The molecule has 0 spiro atoms. The number of furan rings is 1. The highest BCUT2D eigenvalue weighted by molar-refractivity contribution is 7.27. The summed E-state index contributed by atoms with van der Waals surface area (Å²) in [6, 6.07) is 62.4. The predicted molar refractivity (Wildman–Crippen MR) is 230 cm³/mol. The molecule has 55 heavy (non-hydrogen) atoms. The number of rotatable bonds is 4. The van der Waals surface area contributed by atoms with E-state index in [1.807, 2.05) is 23.5 Å². The van der Waals surface area contributed by atoms with Crippen molar-refractivity contribution in [3.63, 3.8) is 0 Å². The topological polar surface area (TPSA) is 43.9 Å². The van der Waals surface area contributed by atoms with Crippen LogP contribution in [0.15, 0.2) is 180 Å². The predicted octanol–water partition coefficient (Wildman–Crippen LogP) is 14.0. The quantitative estimate of drug-likeness (QED) is 0.182. The Kier molecular flexibility index (Phi) is 6.47. The highest BCUT2D eigenvalue weighted by Gasteiger charge is 2.25. The van der Waals surface area contributed by atoms with Crippen LogP contribution in [0.3, 0.4) is 0 Å². The number of fused-ring (bicyclic) bond motifs is 13. The van der Waals surface area contributed by atoms with Crippen LogP contribution in [0.5, 0.6) is 0 Å². The highest BCUT2D eigenvalue weighted by atomic mass is 32.1. The van der Waals surface area contributed by atoms with Crippen molar-refractivity contribution in [1.29, 1.82) is 0 Å². The maximum atomic E-state index is 6.65. The average molecular weight is 720 g/mol. The Morgan fingerprint density at radius 3 is 1.73 bits per heavy atom. The Balaban J connectivity index is 1.25. The fraction of sp³-hybridized carbons (Fsp3) is 0. The molecule has 0 aliphatic carbocycles. The molecule has 0 fully saturated rings. The molecule has 12 aromatic rings. The summed E-state index contributed by atoms with van der Waals surface area (Å²) in [5.41, 5.74) is 9.87. The third kappa shape index (κ3) is 4.51. The van der Waals surface area contributed by atoms with Crippen molar-refractivity contribution in [1.82, 2.24) is 14.5 Å². The number of nitrogens with zero attached hydrogens (tertiary/aromatic N) is 3. The molecule has 0 saturated carbocycles. The van der Waals surface area contributed by atoms with Gasteiger partial charge in [-0.05, 0) is 69.4 Å². The molecule has 5 heteroatoms. The first-order valence-electron chi connectivity index (χ1n) is 18.5. The summed E-state index contributed by atoms with van der Waals surface area (Å²) in [6.07, 6.45) is 0. The van der Waals surface area contributed by atoms with Crippen LogP contribution in [0.25, 0.3) is 114 Å². The molecule has 0 amide bonds. The van der Waals surface area contributed by atoms with Gasteiger partial charge < -0.3 is 4.42 Å². The Hall–Kier alpha value is -7.08. The van der Waals surface area contributed by atoms with Crippen molar-refractivity contribution >= 4 is 86.2 Å². The number of hydrogen-bond acceptors (Lipinski definition) is 4. The molecule has 0 radical (unpaired) electrons. The van der Waals surface area contributed by atoms with Crippen LogP contribution < -0.4 is 0 Å². The summed E-state index contributed by atoms with van der Waals surface area (Å²) in [6.45, 7) is 0. The van der Waals surface area contributed by atoms with Gasteiger partial charge in [-0.15, -0.1) is 11.3 Å². The lowest BCUT2D eigenvalue weighted by atomic mass is 9.94. The number of hydrogen-bond donors (Lipinski definition) is 0. The van der Waals surface area contributed by atoms with Crippen LogP contribution >= 0.6 is 11.3 Å². The van der Waals surface area contributed by atoms with Gasteiger partial charge in [0.05, 0.1) is 26.8 Å². The fourth-order valence-corrected chi connectivity index (χ4v) is 9.87. The average Bonchev–Trinajstić information content (AvgIpc) is 3.94. The van der Waals surface area contributed by atoms with Gasteiger partial charge in [0.1, 0.15) is 5.58 Å². The lowest BCUT2D eigenvalue weighted by Crippen LogP contribution is -2.03. The molecule has 4 nitrogen and oxygen atoms in total. The van der Waals surface area contributed by atoms with Gasteiger partial charge >= 0.3 is 0 Å². The first-order chi connectivity index (χ1) is 27.3. The standard InChI is InChI=1S/C50H29N3OS/c1-3-15-30(16-4-1)32-27-33(31-17-5-2-6-18-31)29-34(28-32)46-45-38-22-10-13-25-41(38)54-49(45)52-50(51-46)53-40-24-12-9-21-37(40)43-35-19-7-8-20-36(35)44-39-23-11-14-26-42(39)55-48(44)47(43)53/h1-29H. The maximum absolute atomic E-state index is 6.65. The molecule has 0 aliphatic rings. The van der Waals surface area contributed by atoms with E-state index < -0.39 is 0 Å². The minimum absolute atomic E-state index is 0.562. The van der Waals surface area contributed by atoms with Crippen molar-refractivity contribution in [3.05, 3.63) is 176 Å². The molecule has 0 unspecified atom stereocenters.